The molecule has 0 aliphatic carbocycles. The minimum atomic E-state index is 0.177. The summed E-state index contributed by atoms with van der Waals surface area (Å²) in [5.74, 6) is 0.773. The van der Waals surface area contributed by atoms with Crippen LogP contribution in [0.2, 0.25) is 0 Å². The molecule has 2 heterocycles. The third-order valence-corrected chi connectivity index (χ3v) is 3.38. The van der Waals surface area contributed by atoms with E-state index in [0.717, 1.165) is 19.6 Å². The Morgan fingerprint density at radius 3 is 3.17 bits per heavy atom. The smallest absolute Gasteiger partial charge is 0.224 e. The summed E-state index contributed by atoms with van der Waals surface area (Å²) in [6, 6.07) is 0. The van der Waals surface area contributed by atoms with Gasteiger partial charge in [-0.05, 0) is 31.8 Å². The van der Waals surface area contributed by atoms with Crippen molar-refractivity contribution in [2.45, 2.75) is 25.8 Å². The van der Waals surface area contributed by atoms with Crippen LogP contribution in [0.1, 0.15) is 19.3 Å². The zero-order valence-corrected chi connectivity index (χ0v) is 10.9. The number of piperidine rings is 1. The second-order valence-corrected chi connectivity index (χ2v) is 4.90. The molecule has 1 N–H and O–H groups in total. The van der Waals surface area contributed by atoms with Gasteiger partial charge >= 0.3 is 0 Å². The Bertz CT molecular complexity index is 359. The molecular formula is C12H21N5O. The van der Waals surface area contributed by atoms with Crippen LogP contribution in [0.25, 0.3) is 0 Å². The first-order chi connectivity index (χ1) is 8.75. The van der Waals surface area contributed by atoms with E-state index in [1.807, 2.05) is 11.9 Å². The van der Waals surface area contributed by atoms with Crippen LogP contribution in [0.4, 0.5) is 0 Å². The van der Waals surface area contributed by atoms with Crippen LogP contribution in [0, 0.1) is 5.92 Å². The molecule has 1 aromatic heterocycles. The zero-order chi connectivity index (χ0) is 12.8. The maximum Gasteiger partial charge on any atom is 0.224 e. The van der Waals surface area contributed by atoms with Crippen molar-refractivity contribution < 1.29 is 4.79 Å². The summed E-state index contributed by atoms with van der Waals surface area (Å²) in [5.41, 5.74) is 0. The predicted molar refractivity (Wildman–Crippen MR) is 67.9 cm³/mol. The van der Waals surface area contributed by atoms with E-state index in [1.54, 1.807) is 17.1 Å². The Labute approximate surface area is 107 Å². The zero-order valence-electron chi connectivity index (χ0n) is 10.9. The topological polar surface area (TPSA) is 63.1 Å². The number of carbonyl (C=O) groups excluding carboxylic acids is 1. The Kier molecular flexibility index (Phi) is 4.69. The van der Waals surface area contributed by atoms with Gasteiger partial charge in [0, 0.05) is 26.2 Å². The van der Waals surface area contributed by atoms with Crippen molar-refractivity contribution in [3.63, 3.8) is 0 Å². The highest BCUT2D eigenvalue weighted by Crippen LogP contribution is 2.11. The van der Waals surface area contributed by atoms with E-state index in [1.165, 1.54) is 12.8 Å². The third kappa shape index (κ3) is 3.80. The monoisotopic (exact) mass is 251 g/mol. The highest BCUT2D eigenvalue weighted by atomic mass is 16.2. The first kappa shape index (κ1) is 13.0. The molecule has 0 aromatic carbocycles. The van der Waals surface area contributed by atoms with Gasteiger partial charge < -0.3 is 10.2 Å². The number of hydrogen-bond donors (Lipinski definition) is 1. The maximum absolute atomic E-state index is 12.0. The molecule has 100 valence electrons. The van der Waals surface area contributed by atoms with Crippen LogP contribution >= 0.6 is 0 Å². The second-order valence-electron chi connectivity index (χ2n) is 4.90. The summed E-state index contributed by atoms with van der Waals surface area (Å²) in [7, 11) is 1.89. The van der Waals surface area contributed by atoms with Crippen LogP contribution < -0.4 is 5.32 Å². The van der Waals surface area contributed by atoms with Crippen LogP contribution in [0.15, 0.2) is 12.4 Å². The van der Waals surface area contributed by atoms with Crippen molar-refractivity contribution in [1.29, 1.82) is 0 Å². The minimum absolute atomic E-state index is 0.177. The largest absolute Gasteiger partial charge is 0.345 e. The van der Waals surface area contributed by atoms with Gasteiger partial charge in [0.2, 0.25) is 5.91 Å². The molecule has 6 nitrogen and oxygen atoms in total. The van der Waals surface area contributed by atoms with E-state index >= 15 is 0 Å². The van der Waals surface area contributed by atoms with Crippen molar-refractivity contribution in [3.8, 4) is 0 Å². The van der Waals surface area contributed by atoms with Crippen molar-refractivity contribution in [3.05, 3.63) is 12.4 Å². The molecule has 0 saturated carbocycles. The van der Waals surface area contributed by atoms with Gasteiger partial charge in [0.05, 0.1) is 12.7 Å². The van der Waals surface area contributed by atoms with Crippen molar-refractivity contribution in [2.24, 2.45) is 5.92 Å². The number of carbonyl (C=O) groups is 1. The highest BCUT2D eigenvalue weighted by molar-refractivity contribution is 5.75. The fourth-order valence-corrected chi connectivity index (χ4v) is 2.32. The average molecular weight is 251 g/mol. The summed E-state index contributed by atoms with van der Waals surface area (Å²) in [6.07, 6.45) is 6.32. The van der Waals surface area contributed by atoms with Crippen LogP contribution in [-0.2, 0) is 11.3 Å². The molecule has 0 spiro atoms. The molecule has 1 unspecified atom stereocenters. The van der Waals surface area contributed by atoms with Crippen LogP contribution in [0.5, 0.6) is 0 Å². The van der Waals surface area contributed by atoms with Gasteiger partial charge in [-0.2, -0.15) is 0 Å². The van der Waals surface area contributed by atoms with Crippen molar-refractivity contribution >= 4 is 5.91 Å². The molecule has 2 rings (SSSR count). The number of nitrogens with one attached hydrogen (secondary N) is 1. The fourth-order valence-electron chi connectivity index (χ4n) is 2.32. The number of aryl methyl sites for hydroxylation is 1. The predicted octanol–water partition coefficient (Wildman–Crippen LogP) is 0.126. The van der Waals surface area contributed by atoms with Crippen molar-refractivity contribution in [1.82, 2.24) is 25.2 Å². The van der Waals surface area contributed by atoms with E-state index in [-0.39, 0.29) is 5.91 Å². The lowest BCUT2D eigenvalue weighted by Crippen LogP contribution is -2.39. The molecule has 1 aliphatic heterocycles. The van der Waals surface area contributed by atoms with E-state index in [9.17, 15) is 4.79 Å². The second kappa shape index (κ2) is 6.49. The highest BCUT2D eigenvalue weighted by Gasteiger charge is 2.17. The molecule has 18 heavy (non-hydrogen) atoms. The number of aromatic nitrogens is 3. The minimum Gasteiger partial charge on any atom is -0.345 e. The summed E-state index contributed by atoms with van der Waals surface area (Å²) < 4.78 is 1.69. The molecule has 1 aromatic rings. The van der Waals surface area contributed by atoms with E-state index in [4.69, 9.17) is 0 Å². The van der Waals surface area contributed by atoms with E-state index in [2.05, 4.69) is 15.6 Å². The lowest BCUT2D eigenvalue weighted by atomic mass is 9.99. The third-order valence-electron chi connectivity index (χ3n) is 3.38. The average Bonchev–Trinajstić information content (AvgIpc) is 2.90. The van der Waals surface area contributed by atoms with E-state index in [0.29, 0.717) is 18.9 Å². The Morgan fingerprint density at radius 2 is 2.50 bits per heavy atom. The maximum atomic E-state index is 12.0. The summed E-state index contributed by atoms with van der Waals surface area (Å²) in [4.78, 5) is 13.8. The lowest BCUT2D eigenvalue weighted by molar-refractivity contribution is -0.130. The molecule has 1 amide bonds. The number of rotatable bonds is 5. The van der Waals surface area contributed by atoms with Gasteiger partial charge in [-0.25, -0.2) is 0 Å². The van der Waals surface area contributed by atoms with Gasteiger partial charge in [-0.15, -0.1) is 5.10 Å². The molecule has 1 saturated heterocycles. The summed E-state index contributed by atoms with van der Waals surface area (Å²) in [6.45, 7) is 3.59. The van der Waals surface area contributed by atoms with Gasteiger partial charge in [-0.1, -0.05) is 5.21 Å². The lowest BCUT2D eigenvalue weighted by Gasteiger charge is -2.27. The number of amides is 1. The molecule has 1 atom stereocenters. The van der Waals surface area contributed by atoms with Crippen LogP contribution in [-0.4, -0.2) is 52.5 Å². The standard InChI is InChI=1S/C12H21N5O/c1-16(10-11-3-2-5-13-9-11)12(18)4-7-17-8-6-14-15-17/h6,8,11,13H,2-5,7,9-10H2,1H3. The Morgan fingerprint density at radius 1 is 1.61 bits per heavy atom. The van der Waals surface area contributed by atoms with Gasteiger partial charge in [-0.3, -0.25) is 9.48 Å². The Balaban J connectivity index is 1.70. The Hall–Kier alpha value is -1.43. The number of hydrogen-bond acceptors (Lipinski definition) is 4. The van der Waals surface area contributed by atoms with E-state index < -0.39 is 0 Å². The van der Waals surface area contributed by atoms with Crippen molar-refractivity contribution in [2.75, 3.05) is 26.7 Å². The first-order valence-electron chi connectivity index (χ1n) is 6.54. The summed E-state index contributed by atoms with van der Waals surface area (Å²) >= 11 is 0. The first-order valence-corrected chi connectivity index (χ1v) is 6.54. The van der Waals surface area contributed by atoms with Crippen LogP contribution in [0.3, 0.4) is 0 Å². The summed E-state index contributed by atoms with van der Waals surface area (Å²) in [5, 5.41) is 10.9. The molecule has 1 fully saturated rings. The molecule has 6 heteroatoms. The SMILES string of the molecule is CN(CC1CCCNC1)C(=O)CCn1ccnn1. The van der Waals surface area contributed by atoms with Gasteiger partial charge in [0.15, 0.2) is 0 Å². The van der Waals surface area contributed by atoms with Gasteiger partial charge in [0.25, 0.3) is 0 Å². The quantitative estimate of drug-likeness (QED) is 0.808. The molecular weight excluding hydrogens is 230 g/mol. The number of nitrogens with zero attached hydrogens (tertiary/aromatic N) is 4. The normalized spacial score (nSPS) is 19.7. The van der Waals surface area contributed by atoms with Gasteiger partial charge in [0.1, 0.15) is 0 Å². The molecule has 0 bridgehead atoms. The fraction of sp³-hybridized carbons (Fsp3) is 0.750. The molecule has 1 aliphatic rings. The molecule has 0 radical (unpaired) electrons.